The van der Waals surface area contributed by atoms with Crippen molar-refractivity contribution in [2.75, 3.05) is 4.90 Å². The van der Waals surface area contributed by atoms with Crippen molar-refractivity contribution < 1.29 is 9.59 Å². The van der Waals surface area contributed by atoms with E-state index in [9.17, 15) is 9.59 Å². The molecule has 2 amide bonds. The Morgan fingerprint density at radius 2 is 1.63 bits per heavy atom. The minimum atomic E-state index is -0.755. The summed E-state index contributed by atoms with van der Waals surface area (Å²) in [6.45, 7) is 0. The second-order valence-electron chi connectivity index (χ2n) is 9.23. The van der Waals surface area contributed by atoms with Gasteiger partial charge < -0.3 is 5.32 Å². The van der Waals surface area contributed by atoms with E-state index in [0.717, 1.165) is 53.3 Å². The van der Waals surface area contributed by atoms with Crippen molar-refractivity contribution in [2.24, 2.45) is 0 Å². The van der Waals surface area contributed by atoms with Gasteiger partial charge >= 0.3 is 0 Å². The van der Waals surface area contributed by atoms with Gasteiger partial charge in [-0.1, -0.05) is 86.0 Å². The molecule has 0 aliphatic heterocycles. The van der Waals surface area contributed by atoms with Crippen LogP contribution in [0.15, 0.2) is 89.6 Å². The molecular formula is C30H30N2O2S. The van der Waals surface area contributed by atoms with Crippen LogP contribution in [0.1, 0.15) is 49.3 Å². The quantitative estimate of drug-likeness (QED) is 0.320. The standard InChI is InChI=1S/C30H30N2O2S/c33-28(20-22-18-19-35-21-22)32(27-17-9-13-23-10-7-8-16-26(23)27)29(24-11-3-1-4-12-24)30(34)31-25-14-5-2-6-15-25/h1,3-4,7-13,16-19,21,25,29H,2,5-6,14-15,20H2,(H,31,34)/t29-/m0/s1. The number of hydrogen-bond donors (Lipinski definition) is 1. The fourth-order valence-corrected chi connectivity index (χ4v) is 5.74. The maximum Gasteiger partial charge on any atom is 0.248 e. The van der Waals surface area contributed by atoms with E-state index in [1.165, 1.54) is 6.42 Å². The molecule has 5 rings (SSSR count). The van der Waals surface area contributed by atoms with Gasteiger partial charge in [-0.15, -0.1) is 0 Å². The van der Waals surface area contributed by atoms with Crippen molar-refractivity contribution in [1.82, 2.24) is 5.32 Å². The van der Waals surface area contributed by atoms with Gasteiger partial charge in [0.25, 0.3) is 0 Å². The van der Waals surface area contributed by atoms with E-state index in [2.05, 4.69) is 5.32 Å². The first kappa shape index (κ1) is 23.3. The Kier molecular flexibility index (Phi) is 7.24. The molecule has 4 nitrogen and oxygen atoms in total. The number of anilines is 1. The summed E-state index contributed by atoms with van der Waals surface area (Å²) in [5.41, 5.74) is 2.54. The van der Waals surface area contributed by atoms with Crippen molar-refractivity contribution in [3.05, 3.63) is 101 Å². The topological polar surface area (TPSA) is 49.4 Å². The van der Waals surface area contributed by atoms with E-state index in [-0.39, 0.29) is 24.3 Å². The van der Waals surface area contributed by atoms with E-state index < -0.39 is 6.04 Å². The summed E-state index contributed by atoms with van der Waals surface area (Å²) < 4.78 is 0. The molecule has 178 valence electrons. The predicted octanol–water partition coefficient (Wildman–Crippen LogP) is 6.67. The summed E-state index contributed by atoms with van der Waals surface area (Å²) in [5.74, 6) is -0.206. The summed E-state index contributed by atoms with van der Waals surface area (Å²) in [6.07, 6.45) is 5.70. The molecule has 4 aromatic rings. The van der Waals surface area contributed by atoms with E-state index in [0.29, 0.717) is 0 Å². The Hall–Kier alpha value is -3.44. The van der Waals surface area contributed by atoms with Gasteiger partial charge in [0.05, 0.1) is 12.1 Å². The van der Waals surface area contributed by atoms with Gasteiger partial charge in [0.15, 0.2) is 0 Å². The molecule has 3 aromatic carbocycles. The number of hydrogen-bond acceptors (Lipinski definition) is 3. The van der Waals surface area contributed by atoms with Gasteiger partial charge in [-0.3, -0.25) is 14.5 Å². The van der Waals surface area contributed by atoms with Crippen LogP contribution in [0, 0.1) is 0 Å². The van der Waals surface area contributed by atoms with Crippen LogP contribution in [0.2, 0.25) is 0 Å². The second-order valence-corrected chi connectivity index (χ2v) is 10.0. The first-order chi connectivity index (χ1) is 17.2. The Labute approximate surface area is 210 Å². The van der Waals surface area contributed by atoms with Gasteiger partial charge in [-0.25, -0.2) is 0 Å². The Bertz CT molecular complexity index is 1270. The second kappa shape index (κ2) is 10.9. The number of benzene rings is 3. The summed E-state index contributed by atoms with van der Waals surface area (Å²) >= 11 is 1.58. The Balaban J connectivity index is 1.61. The van der Waals surface area contributed by atoms with Gasteiger partial charge in [0, 0.05) is 11.4 Å². The lowest BCUT2D eigenvalue weighted by atomic mass is 9.94. The number of rotatable bonds is 7. The lowest BCUT2D eigenvalue weighted by Gasteiger charge is -2.34. The summed E-state index contributed by atoms with van der Waals surface area (Å²) in [5, 5.41) is 9.28. The molecule has 1 fully saturated rings. The molecule has 1 aliphatic rings. The van der Waals surface area contributed by atoms with Crippen molar-refractivity contribution in [3.8, 4) is 0 Å². The number of nitrogens with one attached hydrogen (secondary N) is 1. The molecule has 0 radical (unpaired) electrons. The maximum atomic E-state index is 14.0. The maximum absolute atomic E-state index is 14.0. The molecule has 0 spiro atoms. The molecule has 0 bridgehead atoms. The van der Waals surface area contributed by atoms with Gasteiger partial charge in [0.2, 0.25) is 11.8 Å². The molecule has 35 heavy (non-hydrogen) atoms. The van der Waals surface area contributed by atoms with Crippen LogP contribution in [0.5, 0.6) is 0 Å². The van der Waals surface area contributed by atoms with E-state index >= 15 is 0 Å². The Morgan fingerprint density at radius 1 is 0.886 bits per heavy atom. The monoisotopic (exact) mass is 482 g/mol. The summed E-state index contributed by atoms with van der Waals surface area (Å²) in [6, 6.07) is 25.1. The van der Waals surface area contributed by atoms with E-state index in [4.69, 9.17) is 0 Å². The van der Waals surface area contributed by atoms with Crippen LogP contribution in [0.25, 0.3) is 10.8 Å². The third-order valence-corrected chi connectivity index (χ3v) is 7.54. The molecule has 1 saturated carbocycles. The SMILES string of the molecule is O=C(NC1CCCCC1)[C@H](c1ccccc1)N(C(=O)Cc1ccsc1)c1cccc2ccccc12. The number of carbonyl (C=O) groups excluding carboxylic acids is 2. The third-order valence-electron chi connectivity index (χ3n) is 6.80. The first-order valence-electron chi connectivity index (χ1n) is 12.4. The van der Waals surface area contributed by atoms with Crippen LogP contribution < -0.4 is 10.2 Å². The van der Waals surface area contributed by atoms with Crippen molar-refractivity contribution in [2.45, 2.75) is 50.6 Å². The fourth-order valence-electron chi connectivity index (χ4n) is 5.07. The molecule has 5 heteroatoms. The summed E-state index contributed by atoms with van der Waals surface area (Å²) in [7, 11) is 0. The highest BCUT2D eigenvalue weighted by atomic mass is 32.1. The van der Waals surface area contributed by atoms with Crippen LogP contribution >= 0.6 is 11.3 Å². The smallest absolute Gasteiger partial charge is 0.248 e. The Morgan fingerprint density at radius 3 is 2.40 bits per heavy atom. The number of thiophene rings is 1. The zero-order valence-electron chi connectivity index (χ0n) is 19.7. The fraction of sp³-hybridized carbons (Fsp3) is 0.267. The normalized spacial score (nSPS) is 15.0. The molecule has 1 heterocycles. The number of fused-ring (bicyclic) bond motifs is 1. The van der Waals surface area contributed by atoms with Gasteiger partial charge in [-0.05, 0) is 52.2 Å². The first-order valence-corrected chi connectivity index (χ1v) is 13.3. The molecular weight excluding hydrogens is 452 g/mol. The van der Waals surface area contributed by atoms with Crippen LogP contribution in [0.4, 0.5) is 5.69 Å². The zero-order chi connectivity index (χ0) is 24.0. The van der Waals surface area contributed by atoms with Crippen molar-refractivity contribution >= 4 is 39.6 Å². The molecule has 0 saturated heterocycles. The van der Waals surface area contributed by atoms with Gasteiger partial charge in [-0.2, -0.15) is 11.3 Å². The predicted molar refractivity (Wildman–Crippen MR) is 144 cm³/mol. The third kappa shape index (κ3) is 5.30. The number of nitrogens with zero attached hydrogens (tertiary/aromatic N) is 1. The zero-order valence-corrected chi connectivity index (χ0v) is 20.5. The minimum absolute atomic E-state index is 0.0904. The average molecular weight is 483 g/mol. The van der Waals surface area contributed by atoms with Crippen molar-refractivity contribution in [3.63, 3.8) is 0 Å². The highest BCUT2D eigenvalue weighted by molar-refractivity contribution is 7.08. The molecule has 1 aliphatic carbocycles. The van der Waals surface area contributed by atoms with Crippen LogP contribution in [-0.2, 0) is 16.0 Å². The lowest BCUT2D eigenvalue weighted by Crippen LogP contribution is -2.47. The van der Waals surface area contributed by atoms with Crippen molar-refractivity contribution in [1.29, 1.82) is 0 Å². The van der Waals surface area contributed by atoms with Crippen LogP contribution in [-0.4, -0.2) is 17.9 Å². The number of amides is 2. The van der Waals surface area contributed by atoms with Gasteiger partial charge in [0.1, 0.15) is 6.04 Å². The highest BCUT2D eigenvalue weighted by Gasteiger charge is 2.34. The highest BCUT2D eigenvalue weighted by Crippen LogP contribution is 2.35. The van der Waals surface area contributed by atoms with Crippen LogP contribution in [0.3, 0.4) is 0 Å². The van der Waals surface area contributed by atoms with E-state index in [1.54, 1.807) is 16.2 Å². The molecule has 0 unspecified atom stereocenters. The largest absolute Gasteiger partial charge is 0.351 e. The lowest BCUT2D eigenvalue weighted by molar-refractivity contribution is -0.127. The summed E-state index contributed by atoms with van der Waals surface area (Å²) in [4.78, 5) is 29.7. The molecule has 1 aromatic heterocycles. The van der Waals surface area contributed by atoms with E-state index in [1.807, 2.05) is 89.6 Å². The molecule has 1 atom stereocenters. The number of carbonyl (C=O) groups is 2. The average Bonchev–Trinajstić information content (AvgIpc) is 3.41. The molecule has 1 N–H and O–H groups in total. The minimum Gasteiger partial charge on any atom is -0.351 e.